The largest absolute Gasteiger partial charge is 0.337 e. The van der Waals surface area contributed by atoms with E-state index in [0.29, 0.717) is 13.1 Å². The van der Waals surface area contributed by atoms with Crippen LogP contribution in [0, 0.1) is 6.92 Å². The fourth-order valence-corrected chi connectivity index (χ4v) is 3.48. The molecule has 2 aromatic heterocycles. The molecule has 1 N–H and O–H groups in total. The lowest BCUT2D eigenvalue weighted by Gasteiger charge is -2.27. The van der Waals surface area contributed by atoms with Crippen LogP contribution >= 0.6 is 11.3 Å². The predicted molar refractivity (Wildman–Crippen MR) is 83.1 cm³/mol. The van der Waals surface area contributed by atoms with Gasteiger partial charge in [-0.2, -0.15) is 5.10 Å². The Balaban J connectivity index is 1.50. The number of amides is 1. The number of aromatic nitrogens is 2. The van der Waals surface area contributed by atoms with Crippen molar-refractivity contribution in [3.63, 3.8) is 0 Å². The number of fused-ring (bicyclic) bond motifs is 1. The summed E-state index contributed by atoms with van der Waals surface area (Å²) in [5.41, 5.74) is 3.59. The molecule has 0 fully saturated rings. The summed E-state index contributed by atoms with van der Waals surface area (Å²) in [5.74, 6) is 0.174. The average Bonchev–Trinajstić information content (AvgIpc) is 3.07. The first-order valence-corrected chi connectivity index (χ1v) is 8.04. The van der Waals surface area contributed by atoms with E-state index in [1.807, 2.05) is 29.7 Å². The van der Waals surface area contributed by atoms with Crippen molar-refractivity contribution < 1.29 is 4.79 Å². The van der Waals surface area contributed by atoms with Gasteiger partial charge >= 0.3 is 0 Å². The second-order valence-corrected chi connectivity index (χ2v) is 6.42. The van der Waals surface area contributed by atoms with Crippen molar-refractivity contribution in [3.05, 3.63) is 39.3 Å². The van der Waals surface area contributed by atoms with E-state index in [2.05, 4.69) is 21.9 Å². The molecule has 0 aliphatic carbocycles. The summed E-state index contributed by atoms with van der Waals surface area (Å²) in [5, 5.41) is 9.55. The molecule has 0 bridgehead atoms. The third kappa shape index (κ3) is 3.01. The SMILES string of the molecule is Cc1c(CNCC(=O)N2CCc3sccc3C2)cnn1C. The molecule has 1 aliphatic heterocycles. The lowest BCUT2D eigenvalue weighted by atomic mass is 10.1. The molecule has 21 heavy (non-hydrogen) atoms. The number of thiophene rings is 1. The number of carbonyl (C=O) groups excluding carboxylic acids is 1. The summed E-state index contributed by atoms with van der Waals surface area (Å²) in [7, 11) is 1.93. The van der Waals surface area contributed by atoms with Crippen LogP contribution < -0.4 is 5.32 Å². The normalized spacial score (nSPS) is 14.3. The van der Waals surface area contributed by atoms with E-state index in [-0.39, 0.29) is 5.91 Å². The van der Waals surface area contributed by atoms with E-state index in [0.717, 1.165) is 30.8 Å². The zero-order chi connectivity index (χ0) is 14.8. The van der Waals surface area contributed by atoms with Crippen LogP contribution in [0.3, 0.4) is 0 Å². The molecule has 1 amide bonds. The van der Waals surface area contributed by atoms with E-state index in [1.165, 1.54) is 10.4 Å². The second kappa shape index (κ2) is 5.99. The van der Waals surface area contributed by atoms with Gasteiger partial charge in [0, 0.05) is 42.8 Å². The van der Waals surface area contributed by atoms with E-state index in [1.54, 1.807) is 11.3 Å². The Hall–Kier alpha value is -1.66. The lowest BCUT2D eigenvalue weighted by molar-refractivity contribution is -0.131. The van der Waals surface area contributed by atoms with Crippen molar-refractivity contribution in [1.82, 2.24) is 20.0 Å². The van der Waals surface area contributed by atoms with Crippen LogP contribution in [0.15, 0.2) is 17.6 Å². The number of hydrogen-bond acceptors (Lipinski definition) is 4. The number of rotatable bonds is 4. The van der Waals surface area contributed by atoms with Crippen molar-refractivity contribution in [3.8, 4) is 0 Å². The zero-order valence-electron chi connectivity index (χ0n) is 12.4. The van der Waals surface area contributed by atoms with E-state index in [9.17, 15) is 4.79 Å². The van der Waals surface area contributed by atoms with Crippen LogP contribution in [0.4, 0.5) is 0 Å². The molecule has 112 valence electrons. The molecule has 3 rings (SSSR count). The maximum absolute atomic E-state index is 12.3. The standard InChI is InChI=1S/C15H20N4OS/c1-11-13(8-17-18(11)2)7-16-9-15(20)19-5-3-14-12(10-19)4-6-21-14/h4,6,8,16H,3,5,7,9-10H2,1-2H3. The molecular formula is C15H20N4OS. The topological polar surface area (TPSA) is 50.2 Å². The first kappa shape index (κ1) is 14.3. The Morgan fingerprint density at radius 2 is 2.38 bits per heavy atom. The van der Waals surface area contributed by atoms with Gasteiger partial charge in [0.25, 0.3) is 0 Å². The summed E-state index contributed by atoms with van der Waals surface area (Å²) >= 11 is 1.80. The Kier molecular flexibility index (Phi) is 4.07. The van der Waals surface area contributed by atoms with Crippen LogP contribution in [-0.2, 0) is 31.4 Å². The molecule has 0 aromatic carbocycles. The van der Waals surface area contributed by atoms with Crippen LogP contribution in [-0.4, -0.2) is 33.7 Å². The number of nitrogens with zero attached hydrogens (tertiary/aromatic N) is 3. The van der Waals surface area contributed by atoms with Gasteiger partial charge < -0.3 is 10.2 Å². The maximum Gasteiger partial charge on any atom is 0.236 e. The van der Waals surface area contributed by atoms with Crippen molar-refractivity contribution in [2.45, 2.75) is 26.4 Å². The molecule has 0 atom stereocenters. The molecule has 1 aliphatic rings. The van der Waals surface area contributed by atoms with Crippen molar-refractivity contribution in [2.75, 3.05) is 13.1 Å². The van der Waals surface area contributed by atoms with Crippen molar-refractivity contribution >= 4 is 17.2 Å². The fraction of sp³-hybridized carbons (Fsp3) is 0.467. The van der Waals surface area contributed by atoms with E-state index < -0.39 is 0 Å². The van der Waals surface area contributed by atoms with Gasteiger partial charge in [0.05, 0.1) is 12.7 Å². The van der Waals surface area contributed by atoms with Crippen molar-refractivity contribution in [1.29, 1.82) is 0 Å². The summed E-state index contributed by atoms with van der Waals surface area (Å²) in [6, 6.07) is 2.13. The summed E-state index contributed by atoms with van der Waals surface area (Å²) in [6.07, 6.45) is 2.84. The van der Waals surface area contributed by atoms with Crippen LogP contribution in [0.2, 0.25) is 0 Å². The minimum Gasteiger partial charge on any atom is -0.337 e. The molecule has 0 spiro atoms. The van der Waals surface area contributed by atoms with Crippen LogP contribution in [0.25, 0.3) is 0 Å². The molecule has 0 saturated carbocycles. The van der Waals surface area contributed by atoms with Gasteiger partial charge in [-0.15, -0.1) is 11.3 Å². The zero-order valence-corrected chi connectivity index (χ0v) is 13.2. The van der Waals surface area contributed by atoms with Gasteiger partial charge in [0.2, 0.25) is 5.91 Å². The molecule has 6 heteroatoms. The number of carbonyl (C=O) groups is 1. The monoisotopic (exact) mass is 304 g/mol. The average molecular weight is 304 g/mol. The second-order valence-electron chi connectivity index (χ2n) is 5.42. The Morgan fingerprint density at radius 3 is 3.14 bits per heavy atom. The minimum atomic E-state index is 0.174. The van der Waals surface area contributed by atoms with Crippen LogP contribution in [0.1, 0.15) is 21.7 Å². The van der Waals surface area contributed by atoms with Crippen LogP contribution in [0.5, 0.6) is 0 Å². The van der Waals surface area contributed by atoms with E-state index in [4.69, 9.17) is 0 Å². The molecule has 0 unspecified atom stereocenters. The fourth-order valence-electron chi connectivity index (χ4n) is 2.59. The van der Waals surface area contributed by atoms with Gasteiger partial charge in [0.1, 0.15) is 0 Å². The quantitative estimate of drug-likeness (QED) is 0.930. The number of hydrogen-bond donors (Lipinski definition) is 1. The molecular weight excluding hydrogens is 284 g/mol. The molecule has 0 radical (unpaired) electrons. The van der Waals surface area contributed by atoms with Crippen molar-refractivity contribution in [2.24, 2.45) is 7.05 Å². The van der Waals surface area contributed by atoms with Gasteiger partial charge in [-0.3, -0.25) is 9.48 Å². The van der Waals surface area contributed by atoms with Gasteiger partial charge in [-0.1, -0.05) is 0 Å². The summed E-state index contributed by atoms with van der Waals surface area (Å²) < 4.78 is 1.85. The molecule has 0 saturated heterocycles. The maximum atomic E-state index is 12.3. The first-order chi connectivity index (χ1) is 10.1. The molecule has 3 heterocycles. The molecule has 2 aromatic rings. The third-order valence-electron chi connectivity index (χ3n) is 4.09. The highest BCUT2D eigenvalue weighted by molar-refractivity contribution is 7.10. The Morgan fingerprint density at radius 1 is 1.52 bits per heavy atom. The van der Waals surface area contributed by atoms with Gasteiger partial charge in [0.15, 0.2) is 0 Å². The Labute approximate surface area is 128 Å². The number of nitrogens with one attached hydrogen (secondary N) is 1. The summed E-state index contributed by atoms with van der Waals surface area (Å²) in [4.78, 5) is 15.6. The van der Waals surface area contributed by atoms with Gasteiger partial charge in [-0.05, 0) is 30.4 Å². The highest BCUT2D eigenvalue weighted by atomic mass is 32.1. The smallest absolute Gasteiger partial charge is 0.236 e. The van der Waals surface area contributed by atoms with Gasteiger partial charge in [-0.25, -0.2) is 0 Å². The predicted octanol–water partition coefficient (Wildman–Crippen LogP) is 1.46. The van der Waals surface area contributed by atoms with E-state index >= 15 is 0 Å². The Bertz CT molecular complexity index is 646. The molecule has 5 nitrogen and oxygen atoms in total. The highest BCUT2D eigenvalue weighted by Crippen LogP contribution is 2.23. The lowest BCUT2D eigenvalue weighted by Crippen LogP contribution is -2.40. The summed E-state index contributed by atoms with van der Waals surface area (Å²) in [6.45, 7) is 4.69. The number of aryl methyl sites for hydroxylation is 1. The first-order valence-electron chi connectivity index (χ1n) is 7.16. The third-order valence-corrected chi connectivity index (χ3v) is 5.11. The minimum absolute atomic E-state index is 0.174. The highest BCUT2D eigenvalue weighted by Gasteiger charge is 2.20.